The highest BCUT2D eigenvalue weighted by molar-refractivity contribution is 8.03. The van der Waals surface area contributed by atoms with Gasteiger partial charge in [-0.3, -0.25) is 4.79 Å². The minimum Gasteiger partial charge on any atom is -0.450 e. The summed E-state index contributed by atoms with van der Waals surface area (Å²) in [5.74, 6) is 0.129. The lowest BCUT2D eigenvalue weighted by atomic mass is 9.98. The van der Waals surface area contributed by atoms with Gasteiger partial charge < -0.3 is 20.3 Å². The Morgan fingerprint density at radius 1 is 1.25 bits per heavy atom. The molecule has 3 unspecified atom stereocenters. The van der Waals surface area contributed by atoms with Crippen molar-refractivity contribution in [1.29, 1.82) is 0 Å². The van der Waals surface area contributed by atoms with E-state index in [1.54, 1.807) is 11.8 Å². The van der Waals surface area contributed by atoms with Crippen molar-refractivity contribution in [3.8, 4) is 0 Å². The number of carbonyl (C=O) groups excluding carboxylic acids is 2. The van der Waals surface area contributed by atoms with Gasteiger partial charge in [0.05, 0.1) is 11.9 Å². The number of allylic oxidation sites excluding steroid dienone is 1. The van der Waals surface area contributed by atoms with Gasteiger partial charge in [0.15, 0.2) is 0 Å². The standard InChI is InChI=1S/C17H27N3O3S/c1-2-23-17(22)20-13-5-6-14(20)11-12(10-13)18-7-8-19-16(21)15-4-3-9-24-15/h3,9,12-15,18H,2,4-8,10-11H2,1H3,(H,19,21). The molecule has 2 fully saturated rings. The van der Waals surface area contributed by atoms with Crippen LogP contribution < -0.4 is 10.6 Å². The Balaban J connectivity index is 1.36. The number of rotatable bonds is 6. The van der Waals surface area contributed by atoms with Crippen molar-refractivity contribution in [2.24, 2.45) is 0 Å². The SMILES string of the molecule is CCOC(=O)N1C2CCC1CC(NCCNC(=O)C1CC=CS1)C2. The van der Waals surface area contributed by atoms with Crippen LogP contribution in [-0.2, 0) is 9.53 Å². The van der Waals surface area contributed by atoms with Crippen LogP contribution >= 0.6 is 11.8 Å². The second kappa shape index (κ2) is 8.25. The number of ether oxygens (including phenoxy) is 1. The zero-order valence-electron chi connectivity index (χ0n) is 14.2. The average molecular weight is 353 g/mol. The molecule has 0 aromatic heterocycles. The van der Waals surface area contributed by atoms with Gasteiger partial charge in [0.2, 0.25) is 5.91 Å². The van der Waals surface area contributed by atoms with E-state index in [1.807, 2.05) is 23.3 Å². The van der Waals surface area contributed by atoms with Crippen molar-refractivity contribution in [2.75, 3.05) is 19.7 Å². The van der Waals surface area contributed by atoms with E-state index in [4.69, 9.17) is 4.74 Å². The number of carbonyl (C=O) groups is 2. The first-order chi connectivity index (χ1) is 11.7. The van der Waals surface area contributed by atoms with Gasteiger partial charge in [0.1, 0.15) is 0 Å². The number of amides is 2. The largest absolute Gasteiger partial charge is 0.450 e. The van der Waals surface area contributed by atoms with Gasteiger partial charge in [-0.05, 0) is 44.4 Å². The van der Waals surface area contributed by atoms with Gasteiger partial charge in [-0.25, -0.2) is 4.79 Å². The molecule has 0 aliphatic carbocycles. The van der Waals surface area contributed by atoms with Crippen LogP contribution in [0.3, 0.4) is 0 Å². The van der Waals surface area contributed by atoms with Crippen LogP contribution in [0, 0.1) is 0 Å². The zero-order valence-corrected chi connectivity index (χ0v) is 15.0. The van der Waals surface area contributed by atoms with Crippen molar-refractivity contribution in [3.63, 3.8) is 0 Å². The summed E-state index contributed by atoms with van der Waals surface area (Å²) in [6.07, 6.45) is 6.82. The molecule has 2 saturated heterocycles. The molecule has 3 aliphatic rings. The number of thioether (sulfide) groups is 1. The lowest BCUT2D eigenvalue weighted by molar-refractivity contribution is -0.120. The molecular weight excluding hydrogens is 326 g/mol. The third-order valence-corrected chi connectivity index (χ3v) is 6.14. The Morgan fingerprint density at radius 3 is 2.62 bits per heavy atom. The van der Waals surface area contributed by atoms with Crippen molar-refractivity contribution < 1.29 is 14.3 Å². The molecule has 134 valence electrons. The second-order valence-electron chi connectivity index (χ2n) is 6.64. The van der Waals surface area contributed by atoms with E-state index < -0.39 is 0 Å². The third kappa shape index (κ3) is 4.06. The number of hydrogen-bond donors (Lipinski definition) is 2. The number of hydrogen-bond acceptors (Lipinski definition) is 5. The minimum atomic E-state index is -0.154. The van der Waals surface area contributed by atoms with Crippen LogP contribution in [0.5, 0.6) is 0 Å². The molecule has 3 heterocycles. The molecule has 0 aromatic carbocycles. The van der Waals surface area contributed by atoms with Gasteiger partial charge in [-0.1, -0.05) is 6.08 Å². The topological polar surface area (TPSA) is 70.7 Å². The lowest BCUT2D eigenvalue weighted by Crippen LogP contribution is -2.52. The van der Waals surface area contributed by atoms with Crippen LogP contribution in [0.4, 0.5) is 4.79 Å². The maximum atomic E-state index is 12.1. The molecule has 3 rings (SSSR count). The number of nitrogens with one attached hydrogen (secondary N) is 2. The van der Waals surface area contributed by atoms with Crippen LogP contribution in [0.15, 0.2) is 11.5 Å². The van der Waals surface area contributed by atoms with E-state index >= 15 is 0 Å². The van der Waals surface area contributed by atoms with Crippen molar-refractivity contribution in [1.82, 2.24) is 15.5 Å². The molecule has 0 spiro atoms. The number of fused-ring (bicyclic) bond motifs is 2. The summed E-state index contributed by atoms with van der Waals surface area (Å²) in [6, 6.07) is 1.03. The smallest absolute Gasteiger partial charge is 0.410 e. The van der Waals surface area contributed by atoms with Crippen molar-refractivity contribution >= 4 is 23.8 Å². The van der Waals surface area contributed by atoms with Gasteiger partial charge in [0, 0.05) is 31.2 Å². The fourth-order valence-electron chi connectivity index (χ4n) is 3.97. The molecule has 2 N–H and O–H groups in total. The van der Waals surface area contributed by atoms with Gasteiger partial charge >= 0.3 is 6.09 Å². The normalized spacial score (nSPS) is 31.3. The Morgan fingerprint density at radius 2 is 2.00 bits per heavy atom. The van der Waals surface area contributed by atoms with Crippen molar-refractivity contribution in [3.05, 3.63) is 11.5 Å². The van der Waals surface area contributed by atoms with Crippen LogP contribution in [0.25, 0.3) is 0 Å². The fraction of sp³-hybridized carbons (Fsp3) is 0.765. The molecule has 3 atom stereocenters. The highest BCUT2D eigenvalue weighted by Gasteiger charge is 2.43. The van der Waals surface area contributed by atoms with Crippen LogP contribution in [-0.4, -0.2) is 60.0 Å². The molecule has 0 saturated carbocycles. The summed E-state index contributed by atoms with van der Waals surface area (Å²) < 4.78 is 5.18. The summed E-state index contributed by atoms with van der Waals surface area (Å²) in [5, 5.41) is 8.59. The molecule has 24 heavy (non-hydrogen) atoms. The highest BCUT2D eigenvalue weighted by atomic mass is 32.2. The second-order valence-corrected chi connectivity index (χ2v) is 7.75. The summed E-state index contributed by atoms with van der Waals surface area (Å²) in [4.78, 5) is 25.9. The molecule has 0 aromatic rings. The van der Waals surface area contributed by atoms with Gasteiger partial charge in [0.25, 0.3) is 0 Å². The molecule has 2 bridgehead atoms. The van der Waals surface area contributed by atoms with Gasteiger partial charge in [-0.15, -0.1) is 11.8 Å². The van der Waals surface area contributed by atoms with E-state index in [0.29, 0.717) is 31.3 Å². The number of nitrogens with zero attached hydrogens (tertiary/aromatic N) is 1. The first-order valence-corrected chi connectivity index (χ1v) is 9.90. The van der Waals surface area contributed by atoms with Gasteiger partial charge in [-0.2, -0.15) is 0 Å². The maximum Gasteiger partial charge on any atom is 0.410 e. The Hall–Kier alpha value is -1.21. The lowest BCUT2D eigenvalue weighted by Gasteiger charge is -2.38. The summed E-state index contributed by atoms with van der Waals surface area (Å²) >= 11 is 1.59. The van der Waals surface area contributed by atoms with E-state index in [2.05, 4.69) is 10.6 Å². The van der Waals surface area contributed by atoms with Crippen molar-refractivity contribution in [2.45, 2.75) is 62.4 Å². The Bertz CT molecular complexity index is 477. The Kier molecular flexibility index (Phi) is 6.05. The van der Waals surface area contributed by atoms with E-state index in [0.717, 1.165) is 38.6 Å². The highest BCUT2D eigenvalue weighted by Crippen LogP contribution is 2.36. The third-order valence-electron chi connectivity index (χ3n) is 5.05. The molecule has 3 aliphatic heterocycles. The van der Waals surface area contributed by atoms with E-state index in [-0.39, 0.29) is 17.3 Å². The van der Waals surface area contributed by atoms with E-state index in [1.165, 1.54) is 0 Å². The predicted molar refractivity (Wildman–Crippen MR) is 94.8 cm³/mol. The fourth-order valence-corrected chi connectivity index (χ4v) is 4.81. The first kappa shape index (κ1) is 17.6. The van der Waals surface area contributed by atoms with Crippen LogP contribution in [0.2, 0.25) is 0 Å². The average Bonchev–Trinajstić information content (AvgIpc) is 3.19. The summed E-state index contributed by atoms with van der Waals surface area (Å²) in [7, 11) is 0. The van der Waals surface area contributed by atoms with Crippen LogP contribution in [0.1, 0.15) is 39.0 Å². The summed E-state index contributed by atoms with van der Waals surface area (Å²) in [5.41, 5.74) is 0. The zero-order chi connectivity index (χ0) is 16.9. The monoisotopic (exact) mass is 353 g/mol. The summed E-state index contributed by atoms with van der Waals surface area (Å²) in [6.45, 7) is 3.72. The molecule has 7 heteroatoms. The minimum absolute atomic E-state index is 0.0497. The molecule has 0 radical (unpaired) electrons. The molecular formula is C17H27N3O3S. The molecule has 2 amide bonds. The maximum absolute atomic E-state index is 12.1. The van der Waals surface area contributed by atoms with E-state index in [9.17, 15) is 9.59 Å². The predicted octanol–water partition coefficient (Wildman–Crippen LogP) is 1.86. The molecule has 6 nitrogen and oxygen atoms in total. The Labute approximate surface area is 147 Å². The number of piperidine rings is 1. The first-order valence-electron chi connectivity index (χ1n) is 8.95. The quantitative estimate of drug-likeness (QED) is 0.713.